The molecule has 42 heavy (non-hydrogen) atoms. The van der Waals surface area contributed by atoms with Gasteiger partial charge in [-0.15, -0.1) is 0 Å². The van der Waals surface area contributed by atoms with E-state index >= 15 is 0 Å². The fraction of sp³-hybridized carbons (Fsp3) is 0.351. The molecule has 3 nitrogen and oxygen atoms in total. The summed E-state index contributed by atoms with van der Waals surface area (Å²) >= 11 is 0. The topological polar surface area (TPSA) is 54.4 Å². The summed E-state index contributed by atoms with van der Waals surface area (Å²) in [7, 11) is -5.97. The summed E-state index contributed by atoms with van der Waals surface area (Å²) in [5, 5.41) is 4.37. The van der Waals surface area contributed by atoms with Crippen LogP contribution < -0.4 is 15.9 Å². The van der Waals surface area contributed by atoms with E-state index in [-0.39, 0.29) is 4.90 Å². The van der Waals surface area contributed by atoms with Gasteiger partial charge < -0.3 is 0 Å². The number of unbranched alkanes of at least 4 members (excludes halogenated alkanes) is 9. The Kier molecular flexibility index (Phi) is 14.5. The molecule has 4 aromatic rings. The summed E-state index contributed by atoms with van der Waals surface area (Å²) in [5.41, 5.74) is 0.726. The van der Waals surface area contributed by atoms with Crippen molar-refractivity contribution in [2.75, 3.05) is 6.66 Å². The summed E-state index contributed by atoms with van der Waals surface area (Å²) in [4.78, 5) is 0.0610. The van der Waals surface area contributed by atoms with Crippen LogP contribution in [0.1, 0.15) is 76.7 Å². The Hall–Kier alpha value is -2.78. The van der Waals surface area contributed by atoms with Crippen LogP contribution >= 0.6 is 7.26 Å². The van der Waals surface area contributed by atoms with Crippen molar-refractivity contribution in [3.8, 4) is 0 Å². The van der Waals surface area contributed by atoms with Crippen molar-refractivity contribution >= 4 is 33.3 Å². The van der Waals surface area contributed by atoms with Crippen LogP contribution in [-0.4, -0.2) is 19.6 Å². The normalized spacial score (nSPS) is 11.9. The zero-order valence-corrected chi connectivity index (χ0v) is 27.2. The van der Waals surface area contributed by atoms with E-state index in [0.717, 1.165) is 18.4 Å². The molecule has 5 heteroatoms. The van der Waals surface area contributed by atoms with E-state index in [1.54, 1.807) is 12.1 Å². The van der Waals surface area contributed by atoms with Crippen LogP contribution in [0.3, 0.4) is 0 Å². The summed E-state index contributed by atoms with van der Waals surface area (Å²) < 4.78 is 31.8. The van der Waals surface area contributed by atoms with E-state index in [1.807, 2.05) is 6.07 Å². The molecule has 0 aliphatic rings. The Morgan fingerprint density at radius 2 is 0.881 bits per heavy atom. The van der Waals surface area contributed by atoms with Gasteiger partial charge in [-0.3, -0.25) is 4.55 Å². The summed E-state index contributed by atoms with van der Waals surface area (Å²) in [6.07, 6.45) is 13.3. The molecule has 0 aliphatic carbocycles. The standard InChI is InChI=1S/C19H19P.C18H30O3S/c1-20(17-11-5-2-6-12-17,18-13-7-3-8-14-18)19-15-9-4-10-16-19;1-2-3-4-5-6-7-8-9-10-11-14-17-15-12-13-16-18(17)22(19,20)21/h2-16,20H,1H3;12-13,15-16H,2-11,14H2,1H3,(H,19,20,21). The molecule has 0 saturated carbocycles. The molecular formula is C37H49O3PS. The van der Waals surface area contributed by atoms with Gasteiger partial charge >= 0.3 is 121 Å². The second kappa shape index (κ2) is 18.0. The molecule has 4 rings (SSSR count). The molecule has 0 aromatic heterocycles. The maximum absolute atomic E-state index is 11.3. The number of hydrogen-bond acceptors (Lipinski definition) is 2. The van der Waals surface area contributed by atoms with Crippen molar-refractivity contribution < 1.29 is 13.0 Å². The second-order valence-electron chi connectivity index (χ2n) is 11.2. The van der Waals surface area contributed by atoms with Gasteiger partial charge in [0.2, 0.25) is 0 Å². The molecule has 0 heterocycles. The molecule has 0 fully saturated rings. The maximum atomic E-state index is 11.3. The van der Waals surface area contributed by atoms with Gasteiger partial charge in [-0.25, -0.2) is 0 Å². The van der Waals surface area contributed by atoms with Crippen LogP contribution in [0.2, 0.25) is 0 Å². The molecule has 0 saturated heterocycles. The van der Waals surface area contributed by atoms with Gasteiger partial charge in [0, 0.05) is 0 Å². The van der Waals surface area contributed by atoms with Crippen molar-refractivity contribution in [2.24, 2.45) is 0 Å². The molecule has 0 spiro atoms. The van der Waals surface area contributed by atoms with E-state index in [0.29, 0.717) is 6.42 Å². The first-order valence-corrected chi connectivity index (χ1v) is 19.5. The van der Waals surface area contributed by atoms with Gasteiger partial charge in [-0.05, 0) is 24.5 Å². The average Bonchev–Trinajstić information content (AvgIpc) is 3.03. The Morgan fingerprint density at radius 3 is 1.29 bits per heavy atom. The first-order chi connectivity index (χ1) is 20.4. The van der Waals surface area contributed by atoms with E-state index in [9.17, 15) is 13.0 Å². The van der Waals surface area contributed by atoms with Gasteiger partial charge in [0.25, 0.3) is 10.1 Å². The third kappa shape index (κ3) is 10.5. The van der Waals surface area contributed by atoms with Gasteiger partial charge in [0.1, 0.15) is 0 Å². The van der Waals surface area contributed by atoms with Crippen LogP contribution in [0, 0.1) is 0 Å². The monoisotopic (exact) mass is 604 g/mol. The fourth-order valence-corrected chi connectivity index (χ4v) is 9.91. The third-order valence-corrected chi connectivity index (χ3v) is 13.5. The summed E-state index contributed by atoms with van der Waals surface area (Å²) in [5.74, 6) is 0. The zero-order valence-electron chi connectivity index (χ0n) is 25.4. The fourth-order valence-electron chi connectivity index (χ4n) is 5.58. The van der Waals surface area contributed by atoms with E-state index in [1.165, 1.54) is 73.3 Å². The van der Waals surface area contributed by atoms with Gasteiger partial charge in [0.15, 0.2) is 0 Å². The van der Waals surface area contributed by atoms with Gasteiger partial charge in [0.05, 0.1) is 4.90 Å². The SMILES string of the molecule is CCCCCCCCCCCCc1ccccc1S(=O)(=O)O.C[PH](c1ccccc1)(c1ccccc1)c1ccccc1. The van der Waals surface area contributed by atoms with Crippen molar-refractivity contribution in [3.05, 3.63) is 121 Å². The predicted octanol–water partition coefficient (Wildman–Crippen LogP) is 8.74. The second-order valence-corrected chi connectivity index (χ2v) is 16.6. The van der Waals surface area contributed by atoms with Crippen LogP contribution in [-0.2, 0) is 16.5 Å². The van der Waals surface area contributed by atoms with Crippen LogP contribution in [0.4, 0.5) is 0 Å². The number of aryl methyl sites for hydroxylation is 1. The van der Waals surface area contributed by atoms with Crippen LogP contribution in [0.15, 0.2) is 120 Å². The van der Waals surface area contributed by atoms with E-state index in [2.05, 4.69) is 105 Å². The predicted molar refractivity (Wildman–Crippen MR) is 184 cm³/mol. The molecule has 0 atom stereocenters. The number of rotatable bonds is 15. The molecule has 0 aliphatic heterocycles. The minimum absolute atomic E-state index is 0.0610. The van der Waals surface area contributed by atoms with Crippen LogP contribution in [0.5, 0.6) is 0 Å². The molecule has 226 valence electrons. The van der Waals surface area contributed by atoms with Crippen molar-refractivity contribution in [3.63, 3.8) is 0 Å². The molecule has 0 radical (unpaired) electrons. The Balaban J connectivity index is 0.000000231. The first-order valence-electron chi connectivity index (χ1n) is 15.6. The quantitative estimate of drug-likeness (QED) is 0.0839. The molecule has 0 bridgehead atoms. The number of benzene rings is 4. The van der Waals surface area contributed by atoms with Crippen LogP contribution in [0.25, 0.3) is 0 Å². The van der Waals surface area contributed by atoms with Gasteiger partial charge in [-0.2, -0.15) is 8.42 Å². The summed E-state index contributed by atoms with van der Waals surface area (Å²) in [6, 6.07) is 39.5. The van der Waals surface area contributed by atoms with Crippen molar-refractivity contribution in [2.45, 2.75) is 82.4 Å². The third-order valence-electron chi connectivity index (χ3n) is 8.10. The molecule has 0 unspecified atom stereocenters. The Labute approximate surface area is 255 Å². The molecule has 4 aromatic carbocycles. The van der Waals surface area contributed by atoms with E-state index in [4.69, 9.17) is 0 Å². The summed E-state index contributed by atoms with van der Waals surface area (Å²) in [6.45, 7) is 4.67. The Morgan fingerprint density at radius 1 is 0.524 bits per heavy atom. The first kappa shape index (κ1) is 33.7. The molecular weight excluding hydrogens is 555 g/mol. The zero-order chi connectivity index (χ0) is 30.1. The molecule has 0 amide bonds. The average molecular weight is 605 g/mol. The van der Waals surface area contributed by atoms with Gasteiger partial charge in [-0.1, -0.05) is 82.9 Å². The molecule has 1 N–H and O–H groups in total. The minimum atomic E-state index is -4.10. The van der Waals surface area contributed by atoms with Crippen molar-refractivity contribution in [1.29, 1.82) is 0 Å². The van der Waals surface area contributed by atoms with Crippen molar-refractivity contribution in [1.82, 2.24) is 0 Å². The number of hydrogen-bond donors (Lipinski definition) is 1. The Bertz CT molecular complexity index is 1290. The van der Waals surface area contributed by atoms with E-state index < -0.39 is 17.4 Å².